The van der Waals surface area contributed by atoms with Crippen LogP contribution in [0.1, 0.15) is 39.2 Å². The lowest BCUT2D eigenvalue weighted by atomic mass is 10.1. The van der Waals surface area contributed by atoms with Crippen LogP contribution >= 0.6 is 0 Å². The van der Waals surface area contributed by atoms with Gasteiger partial charge >= 0.3 is 0 Å². The van der Waals surface area contributed by atoms with Gasteiger partial charge in [0, 0.05) is 11.7 Å². The van der Waals surface area contributed by atoms with Crippen LogP contribution < -0.4 is 10.6 Å². The first-order chi connectivity index (χ1) is 10.0. The van der Waals surface area contributed by atoms with E-state index in [0.29, 0.717) is 11.1 Å². The number of hydrogen-bond acceptors (Lipinski definition) is 4. The highest BCUT2D eigenvalue weighted by Crippen LogP contribution is 2.24. The Kier molecular flexibility index (Phi) is 3.10. The van der Waals surface area contributed by atoms with Crippen molar-refractivity contribution in [1.29, 1.82) is 0 Å². The van der Waals surface area contributed by atoms with E-state index in [0.717, 1.165) is 11.3 Å². The molecule has 0 bridgehead atoms. The van der Waals surface area contributed by atoms with Crippen LogP contribution in [0.5, 0.6) is 5.75 Å². The van der Waals surface area contributed by atoms with Crippen molar-refractivity contribution in [1.82, 2.24) is 5.32 Å². The van der Waals surface area contributed by atoms with Gasteiger partial charge in [-0.25, -0.2) is 0 Å². The largest absolute Gasteiger partial charge is 0.508 e. The zero-order chi connectivity index (χ0) is 15.0. The normalized spacial score (nSPS) is 14.5. The van der Waals surface area contributed by atoms with Crippen LogP contribution in [0.3, 0.4) is 0 Å². The molecule has 2 aromatic carbocycles. The van der Waals surface area contributed by atoms with Gasteiger partial charge in [-0.1, -0.05) is 12.1 Å². The summed E-state index contributed by atoms with van der Waals surface area (Å²) in [5.74, 6) is -0.497. The van der Waals surface area contributed by atoms with E-state index in [9.17, 15) is 14.7 Å². The van der Waals surface area contributed by atoms with E-state index in [-0.39, 0.29) is 23.6 Å². The number of aromatic hydroxyl groups is 1. The lowest BCUT2D eigenvalue weighted by molar-refractivity contribution is 0.0879. The van der Waals surface area contributed by atoms with Crippen LogP contribution in [0, 0.1) is 0 Å². The molecular weight excluding hydrogens is 268 g/mol. The van der Waals surface area contributed by atoms with Gasteiger partial charge in [-0.15, -0.1) is 0 Å². The van der Waals surface area contributed by atoms with Crippen molar-refractivity contribution in [2.24, 2.45) is 0 Å². The zero-order valence-electron chi connectivity index (χ0n) is 11.4. The summed E-state index contributed by atoms with van der Waals surface area (Å²) in [5.41, 5.74) is 2.57. The van der Waals surface area contributed by atoms with Crippen LogP contribution in [0.4, 0.5) is 5.69 Å². The van der Waals surface area contributed by atoms with Crippen LogP contribution in [0.15, 0.2) is 42.5 Å². The minimum atomic E-state index is -0.365. The summed E-state index contributed by atoms with van der Waals surface area (Å²) < 4.78 is 0. The van der Waals surface area contributed by atoms with Gasteiger partial charge in [0.1, 0.15) is 5.75 Å². The Morgan fingerprint density at radius 2 is 1.67 bits per heavy atom. The number of carbonyl (C=O) groups excluding carboxylic acids is 2. The molecule has 1 aliphatic heterocycles. The first-order valence-corrected chi connectivity index (χ1v) is 6.60. The summed E-state index contributed by atoms with van der Waals surface area (Å²) in [7, 11) is 0. The van der Waals surface area contributed by atoms with E-state index in [4.69, 9.17) is 0 Å². The van der Waals surface area contributed by atoms with Crippen molar-refractivity contribution in [3.63, 3.8) is 0 Å². The van der Waals surface area contributed by atoms with E-state index in [1.165, 1.54) is 0 Å². The fourth-order valence-electron chi connectivity index (χ4n) is 2.35. The standard InChI is InChI=1S/C16H14N2O3/c1-9(10-2-5-12(19)6-3-10)17-11-4-7-13-14(8-11)16(21)18-15(13)20/h2-9,17,19H,1H3,(H,18,20,21). The number of benzene rings is 2. The van der Waals surface area contributed by atoms with Gasteiger partial charge in [-0.05, 0) is 42.8 Å². The Bertz CT molecular complexity index is 723. The maximum atomic E-state index is 11.6. The quantitative estimate of drug-likeness (QED) is 0.756. The molecule has 5 nitrogen and oxygen atoms in total. The third kappa shape index (κ3) is 2.45. The molecule has 3 N–H and O–H groups in total. The number of imide groups is 1. The Morgan fingerprint density at radius 3 is 2.38 bits per heavy atom. The Labute approximate surface area is 121 Å². The van der Waals surface area contributed by atoms with Gasteiger partial charge in [-0.2, -0.15) is 0 Å². The molecule has 1 unspecified atom stereocenters. The van der Waals surface area contributed by atoms with E-state index in [2.05, 4.69) is 10.6 Å². The molecular formula is C16H14N2O3. The molecule has 0 spiro atoms. The second-order valence-corrected chi connectivity index (χ2v) is 5.00. The highest BCUT2D eigenvalue weighted by Gasteiger charge is 2.26. The molecule has 3 rings (SSSR count). The van der Waals surface area contributed by atoms with Crippen LogP contribution in [-0.4, -0.2) is 16.9 Å². The SMILES string of the molecule is CC(Nc1ccc2c(c1)C(=O)NC2=O)c1ccc(O)cc1. The molecule has 2 amide bonds. The second-order valence-electron chi connectivity index (χ2n) is 5.00. The number of rotatable bonds is 3. The number of anilines is 1. The summed E-state index contributed by atoms with van der Waals surface area (Å²) in [5, 5.41) is 14.8. The van der Waals surface area contributed by atoms with Crippen molar-refractivity contribution < 1.29 is 14.7 Å². The molecule has 21 heavy (non-hydrogen) atoms. The first kappa shape index (κ1) is 13.2. The summed E-state index contributed by atoms with van der Waals surface area (Å²) in [6.07, 6.45) is 0. The number of fused-ring (bicyclic) bond motifs is 1. The number of carbonyl (C=O) groups is 2. The van der Waals surface area contributed by atoms with Gasteiger partial charge in [-0.3, -0.25) is 14.9 Å². The van der Waals surface area contributed by atoms with Crippen molar-refractivity contribution in [2.75, 3.05) is 5.32 Å². The molecule has 0 radical (unpaired) electrons. The van der Waals surface area contributed by atoms with Gasteiger partial charge in [0.15, 0.2) is 0 Å². The van der Waals surface area contributed by atoms with Crippen molar-refractivity contribution in [3.8, 4) is 5.75 Å². The number of amides is 2. The predicted octanol–water partition coefficient (Wildman–Crippen LogP) is 2.45. The number of hydrogen-bond donors (Lipinski definition) is 3. The molecule has 106 valence electrons. The van der Waals surface area contributed by atoms with Crippen LogP contribution in [0.2, 0.25) is 0 Å². The van der Waals surface area contributed by atoms with Crippen molar-refractivity contribution in [3.05, 3.63) is 59.2 Å². The summed E-state index contributed by atoms with van der Waals surface area (Å²) in [6.45, 7) is 1.98. The van der Waals surface area contributed by atoms with E-state index >= 15 is 0 Å². The topological polar surface area (TPSA) is 78.4 Å². The summed E-state index contributed by atoms with van der Waals surface area (Å²) >= 11 is 0. The third-order valence-corrected chi connectivity index (χ3v) is 3.51. The maximum absolute atomic E-state index is 11.6. The minimum absolute atomic E-state index is 0.00353. The van der Waals surface area contributed by atoms with Crippen molar-refractivity contribution in [2.45, 2.75) is 13.0 Å². The molecule has 5 heteroatoms. The highest BCUT2D eigenvalue weighted by molar-refractivity contribution is 6.21. The predicted molar refractivity (Wildman–Crippen MR) is 78.4 cm³/mol. The van der Waals surface area contributed by atoms with E-state index < -0.39 is 0 Å². The van der Waals surface area contributed by atoms with Crippen LogP contribution in [-0.2, 0) is 0 Å². The second kappa shape index (κ2) is 4.94. The van der Waals surface area contributed by atoms with Crippen LogP contribution in [0.25, 0.3) is 0 Å². The molecule has 1 atom stereocenters. The Hall–Kier alpha value is -2.82. The van der Waals surface area contributed by atoms with Gasteiger partial charge in [0.05, 0.1) is 11.1 Å². The molecule has 1 aliphatic rings. The molecule has 2 aromatic rings. The fourth-order valence-corrected chi connectivity index (χ4v) is 2.35. The summed E-state index contributed by atoms with van der Waals surface area (Å²) in [6, 6.07) is 12.0. The average molecular weight is 282 g/mol. The lowest BCUT2D eigenvalue weighted by Crippen LogP contribution is -2.19. The minimum Gasteiger partial charge on any atom is -0.508 e. The zero-order valence-corrected chi connectivity index (χ0v) is 11.4. The smallest absolute Gasteiger partial charge is 0.259 e. The molecule has 0 saturated heterocycles. The molecule has 0 aliphatic carbocycles. The summed E-state index contributed by atoms with van der Waals surface area (Å²) in [4.78, 5) is 23.1. The average Bonchev–Trinajstić information content (AvgIpc) is 2.74. The molecule has 0 aromatic heterocycles. The fraction of sp³-hybridized carbons (Fsp3) is 0.125. The van der Waals surface area contributed by atoms with E-state index in [1.54, 1.807) is 30.3 Å². The monoisotopic (exact) mass is 282 g/mol. The first-order valence-electron chi connectivity index (χ1n) is 6.60. The molecule has 0 saturated carbocycles. The number of phenolic OH excluding ortho intramolecular Hbond substituents is 1. The van der Waals surface area contributed by atoms with Gasteiger partial charge in [0.25, 0.3) is 11.8 Å². The van der Waals surface area contributed by atoms with E-state index in [1.807, 2.05) is 19.1 Å². The Balaban J connectivity index is 1.82. The number of nitrogens with one attached hydrogen (secondary N) is 2. The molecule has 0 fully saturated rings. The van der Waals surface area contributed by atoms with Crippen molar-refractivity contribution >= 4 is 17.5 Å². The number of phenols is 1. The van der Waals surface area contributed by atoms with Gasteiger partial charge in [0.2, 0.25) is 0 Å². The van der Waals surface area contributed by atoms with Gasteiger partial charge < -0.3 is 10.4 Å². The Morgan fingerprint density at radius 1 is 1.00 bits per heavy atom. The lowest BCUT2D eigenvalue weighted by Gasteiger charge is -2.16. The highest BCUT2D eigenvalue weighted by atomic mass is 16.3. The molecule has 1 heterocycles. The maximum Gasteiger partial charge on any atom is 0.259 e. The third-order valence-electron chi connectivity index (χ3n) is 3.51.